The fraction of sp³-hybridized carbons (Fsp3) is 0.160. The van der Waals surface area contributed by atoms with Crippen LogP contribution >= 0.6 is 34.8 Å². The molecule has 0 spiro atoms. The number of nitrogens with zero attached hydrogens (tertiary/aromatic N) is 1. The van der Waals surface area contributed by atoms with E-state index in [0.717, 1.165) is 5.56 Å². The van der Waals surface area contributed by atoms with E-state index in [0.29, 0.717) is 49.1 Å². The van der Waals surface area contributed by atoms with Crippen LogP contribution in [0.2, 0.25) is 15.1 Å². The fourth-order valence-electron chi connectivity index (χ4n) is 2.94. The molecule has 0 atom stereocenters. The van der Waals surface area contributed by atoms with Gasteiger partial charge in [0, 0.05) is 31.9 Å². The summed E-state index contributed by atoms with van der Waals surface area (Å²) in [6.07, 6.45) is 0. The highest BCUT2D eigenvalue weighted by Crippen LogP contribution is 2.31. The zero-order valence-electron chi connectivity index (χ0n) is 19.1. The predicted molar refractivity (Wildman–Crippen MR) is 139 cm³/mol. The third kappa shape index (κ3) is 6.88. The molecule has 0 heterocycles. The van der Waals surface area contributed by atoms with Gasteiger partial charge in [-0.05, 0) is 61.9 Å². The molecule has 0 aliphatic heterocycles. The summed E-state index contributed by atoms with van der Waals surface area (Å²) in [5.41, 5.74) is 5.26. The Morgan fingerprint density at radius 3 is 2.29 bits per heavy atom. The molecular formula is C25H22Cl3N3O4. The van der Waals surface area contributed by atoms with E-state index < -0.39 is 11.8 Å². The number of carbonyl (C=O) groups excluding carboxylic acids is 2. The summed E-state index contributed by atoms with van der Waals surface area (Å²) in [5, 5.41) is 7.97. The van der Waals surface area contributed by atoms with Crippen molar-refractivity contribution in [1.82, 2.24) is 5.43 Å². The van der Waals surface area contributed by atoms with Crippen LogP contribution in [0.3, 0.4) is 0 Å². The first-order valence-electron chi connectivity index (χ1n) is 10.4. The Morgan fingerprint density at radius 1 is 0.914 bits per heavy atom. The number of ether oxygens (including phenoxy) is 2. The summed E-state index contributed by atoms with van der Waals surface area (Å²) < 4.78 is 11.3. The summed E-state index contributed by atoms with van der Waals surface area (Å²) in [4.78, 5) is 24.3. The van der Waals surface area contributed by atoms with E-state index in [1.807, 2.05) is 6.92 Å². The van der Waals surface area contributed by atoms with Crippen LogP contribution in [0.5, 0.6) is 11.5 Å². The summed E-state index contributed by atoms with van der Waals surface area (Å²) in [7, 11) is 1.50. The Morgan fingerprint density at radius 2 is 1.63 bits per heavy atom. The van der Waals surface area contributed by atoms with Crippen LogP contribution in [0.15, 0.2) is 59.7 Å². The van der Waals surface area contributed by atoms with Crippen molar-refractivity contribution in [3.8, 4) is 11.5 Å². The third-order valence-corrected chi connectivity index (χ3v) is 6.09. The first kappa shape index (κ1) is 26.3. The zero-order valence-corrected chi connectivity index (χ0v) is 21.4. The van der Waals surface area contributed by atoms with Crippen LogP contribution in [0.4, 0.5) is 5.69 Å². The number of rotatable bonds is 7. The lowest BCUT2D eigenvalue weighted by Gasteiger charge is -2.13. The molecule has 2 N–H and O–H groups in total. The van der Waals surface area contributed by atoms with Crippen LogP contribution in [-0.2, 0) is 16.2 Å². The number of amides is 2. The van der Waals surface area contributed by atoms with Crippen molar-refractivity contribution in [3.05, 3.63) is 86.4 Å². The molecule has 182 valence electrons. The number of hydrazone groups is 1. The van der Waals surface area contributed by atoms with Gasteiger partial charge in [0.25, 0.3) is 0 Å². The Labute approximate surface area is 218 Å². The molecular weight excluding hydrogens is 513 g/mol. The molecule has 10 heteroatoms. The van der Waals surface area contributed by atoms with Gasteiger partial charge in [-0.1, -0.05) is 46.9 Å². The molecule has 0 bridgehead atoms. The molecule has 0 aliphatic rings. The lowest BCUT2D eigenvalue weighted by molar-refractivity contribution is -0.136. The predicted octanol–water partition coefficient (Wildman–Crippen LogP) is 6.02. The molecule has 0 aliphatic carbocycles. The minimum absolute atomic E-state index is 0.151. The van der Waals surface area contributed by atoms with Crippen LogP contribution in [0.25, 0.3) is 0 Å². The Balaban J connectivity index is 1.65. The monoisotopic (exact) mass is 533 g/mol. The summed E-state index contributed by atoms with van der Waals surface area (Å²) in [6, 6.07) is 15.3. The SMILES string of the molecule is COc1cc(/C(C)=N/NC(=O)C(=O)Nc2ccc(C)c(Cl)c2)ccc1OCc1c(Cl)cccc1Cl. The maximum absolute atomic E-state index is 12.2. The van der Waals surface area contributed by atoms with Crippen molar-refractivity contribution in [2.75, 3.05) is 12.4 Å². The highest BCUT2D eigenvalue weighted by atomic mass is 35.5. The number of nitrogens with one attached hydrogen (secondary N) is 2. The molecule has 0 unspecified atom stereocenters. The van der Waals surface area contributed by atoms with Crippen LogP contribution in [-0.4, -0.2) is 24.6 Å². The summed E-state index contributed by atoms with van der Waals surface area (Å²) in [6.45, 7) is 3.66. The number of benzene rings is 3. The van der Waals surface area contributed by atoms with Crippen LogP contribution in [0.1, 0.15) is 23.6 Å². The van der Waals surface area contributed by atoms with Crippen molar-refractivity contribution in [2.45, 2.75) is 20.5 Å². The van der Waals surface area contributed by atoms with Crippen molar-refractivity contribution >= 4 is 58.0 Å². The van der Waals surface area contributed by atoms with Crippen molar-refractivity contribution in [1.29, 1.82) is 0 Å². The summed E-state index contributed by atoms with van der Waals surface area (Å²) in [5.74, 6) is -0.883. The van der Waals surface area contributed by atoms with Gasteiger partial charge in [-0.2, -0.15) is 5.10 Å². The first-order chi connectivity index (χ1) is 16.7. The molecule has 0 aromatic heterocycles. The van der Waals surface area contributed by atoms with E-state index in [1.54, 1.807) is 61.5 Å². The van der Waals surface area contributed by atoms with Gasteiger partial charge in [0.15, 0.2) is 11.5 Å². The highest BCUT2D eigenvalue weighted by Gasteiger charge is 2.15. The fourth-order valence-corrected chi connectivity index (χ4v) is 3.63. The van der Waals surface area contributed by atoms with Gasteiger partial charge in [-0.15, -0.1) is 0 Å². The lowest BCUT2D eigenvalue weighted by Crippen LogP contribution is -2.32. The van der Waals surface area contributed by atoms with Crippen LogP contribution < -0.4 is 20.2 Å². The molecule has 3 aromatic rings. The second kappa shape index (κ2) is 11.9. The Kier molecular flexibility index (Phi) is 8.98. The molecule has 0 saturated carbocycles. The zero-order chi connectivity index (χ0) is 25.5. The van der Waals surface area contributed by atoms with Crippen molar-refractivity contribution in [2.24, 2.45) is 5.10 Å². The topological polar surface area (TPSA) is 89.0 Å². The molecule has 2 amide bonds. The van der Waals surface area contributed by atoms with Crippen molar-refractivity contribution < 1.29 is 19.1 Å². The van der Waals surface area contributed by atoms with E-state index in [2.05, 4.69) is 15.8 Å². The van der Waals surface area contributed by atoms with E-state index in [-0.39, 0.29) is 6.61 Å². The summed E-state index contributed by atoms with van der Waals surface area (Å²) >= 11 is 18.4. The van der Waals surface area contributed by atoms with Gasteiger partial charge in [0.05, 0.1) is 12.8 Å². The number of hydrogen-bond donors (Lipinski definition) is 2. The lowest BCUT2D eigenvalue weighted by atomic mass is 10.1. The second-order valence-electron chi connectivity index (χ2n) is 7.41. The quantitative estimate of drug-likeness (QED) is 0.220. The maximum atomic E-state index is 12.2. The van der Waals surface area contributed by atoms with Gasteiger partial charge in [0.2, 0.25) is 0 Å². The minimum Gasteiger partial charge on any atom is -0.493 e. The number of anilines is 1. The molecule has 0 radical (unpaired) electrons. The number of methoxy groups -OCH3 is 1. The maximum Gasteiger partial charge on any atom is 0.329 e. The molecule has 3 aromatic carbocycles. The largest absolute Gasteiger partial charge is 0.493 e. The molecule has 35 heavy (non-hydrogen) atoms. The minimum atomic E-state index is -0.926. The van der Waals surface area contributed by atoms with E-state index in [9.17, 15) is 9.59 Å². The number of halogens is 3. The first-order valence-corrected chi connectivity index (χ1v) is 11.5. The number of aryl methyl sites for hydroxylation is 1. The Hall–Kier alpha value is -3.26. The van der Waals surface area contributed by atoms with E-state index in [1.165, 1.54) is 7.11 Å². The molecule has 3 rings (SSSR count). The van der Waals surface area contributed by atoms with Gasteiger partial charge in [0.1, 0.15) is 6.61 Å². The normalized spacial score (nSPS) is 11.1. The molecule has 0 saturated heterocycles. The van der Waals surface area contributed by atoms with Gasteiger partial charge >= 0.3 is 11.8 Å². The average molecular weight is 535 g/mol. The molecule has 7 nitrogen and oxygen atoms in total. The van der Waals surface area contributed by atoms with Gasteiger partial charge in [-0.25, -0.2) is 5.43 Å². The van der Waals surface area contributed by atoms with Gasteiger partial charge < -0.3 is 14.8 Å². The number of carbonyl (C=O) groups is 2. The van der Waals surface area contributed by atoms with E-state index >= 15 is 0 Å². The number of hydrogen-bond acceptors (Lipinski definition) is 5. The van der Waals surface area contributed by atoms with Crippen LogP contribution in [0, 0.1) is 6.92 Å². The Bertz CT molecular complexity index is 1270. The third-order valence-electron chi connectivity index (χ3n) is 4.98. The van der Waals surface area contributed by atoms with E-state index in [4.69, 9.17) is 44.3 Å². The van der Waals surface area contributed by atoms with Crippen molar-refractivity contribution in [3.63, 3.8) is 0 Å². The average Bonchev–Trinajstić information content (AvgIpc) is 2.84. The second-order valence-corrected chi connectivity index (χ2v) is 8.63. The van der Waals surface area contributed by atoms with Gasteiger partial charge in [-0.3, -0.25) is 9.59 Å². The standard InChI is InChI=1S/C25H22Cl3N3O4/c1-14-7-9-17(12-21(14)28)29-24(32)25(33)31-30-15(2)16-8-10-22(23(11-16)34-3)35-13-18-19(26)5-4-6-20(18)27/h4-12H,13H2,1-3H3,(H,29,32)(H,31,33)/b30-15+. The molecule has 0 fully saturated rings. The highest BCUT2D eigenvalue weighted by molar-refractivity contribution is 6.40. The smallest absolute Gasteiger partial charge is 0.329 e.